The Bertz CT molecular complexity index is 644. The molecule has 3 amide bonds. The van der Waals surface area contributed by atoms with Gasteiger partial charge in [0.1, 0.15) is 12.4 Å². The zero-order valence-corrected chi connectivity index (χ0v) is 15.2. The van der Waals surface area contributed by atoms with Crippen LogP contribution in [0.4, 0.5) is 4.79 Å². The van der Waals surface area contributed by atoms with Crippen LogP contribution in [-0.2, 0) is 11.3 Å². The Morgan fingerprint density at radius 3 is 2.72 bits per heavy atom. The highest BCUT2D eigenvalue weighted by molar-refractivity contribution is 6.30. The van der Waals surface area contributed by atoms with E-state index in [1.165, 1.54) is 0 Å². The number of amides is 3. The van der Waals surface area contributed by atoms with E-state index in [1.54, 1.807) is 11.0 Å². The summed E-state index contributed by atoms with van der Waals surface area (Å²) in [6.45, 7) is 4.77. The molecule has 2 heterocycles. The van der Waals surface area contributed by atoms with E-state index < -0.39 is 0 Å². The summed E-state index contributed by atoms with van der Waals surface area (Å²) >= 11 is 6.06. The lowest BCUT2D eigenvalue weighted by Crippen LogP contribution is -2.50. The maximum Gasteiger partial charge on any atom is 0.318 e. The number of hydrogen-bond acceptors (Lipinski definition) is 3. The highest BCUT2D eigenvalue weighted by Crippen LogP contribution is 2.26. The number of carbonyl (C=O) groups excluding carboxylic acids is 2. The minimum absolute atomic E-state index is 0.0864. The Hall–Kier alpha value is -1.95. The van der Waals surface area contributed by atoms with Gasteiger partial charge in [-0.3, -0.25) is 4.79 Å². The minimum Gasteiger partial charge on any atom is -0.491 e. The van der Waals surface area contributed by atoms with Crippen LogP contribution in [0.3, 0.4) is 0 Å². The van der Waals surface area contributed by atoms with Crippen molar-refractivity contribution in [2.45, 2.75) is 38.8 Å². The summed E-state index contributed by atoms with van der Waals surface area (Å²) in [4.78, 5) is 28.0. The van der Waals surface area contributed by atoms with Gasteiger partial charge >= 0.3 is 6.03 Å². The number of halogens is 1. The van der Waals surface area contributed by atoms with Crippen molar-refractivity contribution < 1.29 is 14.3 Å². The second-order valence-corrected chi connectivity index (χ2v) is 6.92. The Kier molecular flexibility index (Phi) is 5.68. The molecule has 1 fully saturated rings. The fraction of sp³-hybridized carbons (Fsp3) is 0.556. The van der Waals surface area contributed by atoms with Gasteiger partial charge in [0.15, 0.2) is 0 Å². The van der Waals surface area contributed by atoms with E-state index in [9.17, 15) is 9.59 Å². The van der Waals surface area contributed by atoms with Crippen LogP contribution < -0.4 is 10.1 Å². The number of hydrogen-bond donors (Lipinski definition) is 1. The predicted molar refractivity (Wildman–Crippen MR) is 95.8 cm³/mol. The molecule has 136 valence electrons. The van der Waals surface area contributed by atoms with E-state index in [-0.39, 0.29) is 18.0 Å². The Morgan fingerprint density at radius 1 is 1.24 bits per heavy atom. The molecule has 0 bridgehead atoms. The summed E-state index contributed by atoms with van der Waals surface area (Å²) in [6.07, 6.45) is 2.13. The van der Waals surface area contributed by atoms with Gasteiger partial charge in [-0.2, -0.15) is 0 Å². The first-order valence-electron chi connectivity index (χ1n) is 8.81. The summed E-state index contributed by atoms with van der Waals surface area (Å²) in [5.74, 6) is 0.967. The average Bonchev–Trinajstić information content (AvgIpc) is 2.83. The zero-order chi connectivity index (χ0) is 17.8. The van der Waals surface area contributed by atoms with Gasteiger partial charge in [-0.25, -0.2) is 4.79 Å². The molecule has 0 aromatic heterocycles. The summed E-state index contributed by atoms with van der Waals surface area (Å²) < 4.78 is 5.70. The van der Waals surface area contributed by atoms with Gasteiger partial charge in [-0.15, -0.1) is 0 Å². The van der Waals surface area contributed by atoms with Crippen LogP contribution in [0.15, 0.2) is 18.2 Å². The van der Waals surface area contributed by atoms with Crippen molar-refractivity contribution in [3.63, 3.8) is 0 Å². The van der Waals surface area contributed by atoms with Crippen molar-refractivity contribution >= 4 is 23.5 Å². The summed E-state index contributed by atoms with van der Waals surface area (Å²) in [5, 5.41) is 3.74. The molecule has 1 N–H and O–H groups in total. The van der Waals surface area contributed by atoms with Crippen molar-refractivity contribution in [2.75, 3.05) is 26.2 Å². The number of piperidine rings is 1. The SMILES string of the molecule is CCC(=O)N1CCC(NC(=O)N2CCOc3ccc(Cl)cc3C2)CC1. The smallest absolute Gasteiger partial charge is 0.318 e. The lowest BCUT2D eigenvalue weighted by molar-refractivity contribution is -0.131. The molecule has 0 saturated carbocycles. The summed E-state index contributed by atoms with van der Waals surface area (Å²) in [7, 11) is 0. The van der Waals surface area contributed by atoms with Gasteiger partial charge in [0.05, 0.1) is 13.1 Å². The second kappa shape index (κ2) is 7.95. The van der Waals surface area contributed by atoms with Crippen LogP contribution in [-0.4, -0.2) is 54.0 Å². The molecule has 0 spiro atoms. The molecule has 0 unspecified atom stereocenters. The van der Waals surface area contributed by atoms with Crippen LogP contribution in [0.2, 0.25) is 5.02 Å². The van der Waals surface area contributed by atoms with Crippen LogP contribution in [0, 0.1) is 0 Å². The van der Waals surface area contributed by atoms with E-state index in [1.807, 2.05) is 24.0 Å². The topological polar surface area (TPSA) is 61.9 Å². The highest BCUT2D eigenvalue weighted by Gasteiger charge is 2.26. The number of likely N-dealkylation sites (tertiary alicyclic amines) is 1. The first kappa shape index (κ1) is 17.9. The van der Waals surface area contributed by atoms with E-state index in [0.717, 1.165) is 24.2 Å². The normalized spacial score (nSPS) is 18.2. The van der Waals surface area contributed by atoms with Gasteiger partial charge in [-0.05, 0) is 31.0 Å². The molecule has 6 nitrogen and oxygen atoms in total. The molecule has 1 aromatic carbocycles. The predicted octanol–water partition coefficient (Wildman–Crippen LogP) is 2.65. The molecule has 3 rings (SSSR count). The lowest BCUT2D eigenvalue weighted by Gasteiger charge is -2.33. The van der Waals surface area contributed by atoms with E-state index in [0.29, 0.717) is 44.2 Å². The molecule has 2 aliphatic heterocycles. The van der Waals surface area contributed by atoms with Crippen LogP contribution in [0.1, 0.15) is 31.7 Å². The third-order valence-electron chi connectivity index (χ3n) is 4.77. The second-order valence-electron chi connectivity index (χ2n) is 6.48. The minimum atomic E-state index is -0.0864. The van der Waals surface area contributed by atoms with Gasteiger partial charge < -0.3 is 19.9 Å². The van der Waals surface area contributed by atoms with Crippen molar-refractivity contribution in [1.82, 2.24) is 15.1 Å². The van der Waals surface area contributed by atoms with Crippen molar-refractivity contribution in [3.8, 4) is 5.75 Å². The Labute approximate surface area is 153 Å². The Morgan fingerprint density at radius 2 is 2.00 bits per heavy atom. The number of carbonyl (C=O) groups is 2. The van der Waals surface area contributed by atoms with Crippen molar-refractivity contribution in [1.29, 1.82) is 0 Å². The quantitative estimate of drug-likeness (QED) is 0.876. The van der Waals surface area contributed by atoms with E-state index >= 15 is 0 Å². The molecule has 1 aromatic rings. The number of urea groups is 1. The average molecular weight is 366 g/mol. The molecular formula is C18H24ClN3O3. The third kappa shape index (κ3) is 4.37. The molecule has 0 aliphatic carbocycles. The van der Waals surface area contributed by atoms with Crippen LogP contribution >= 0.6 is 11.6 Å². The maximum atomic E-state index is 12.6. The first-order valence-corrected chi connectivity index (χ1v) is 9.19. The fourth-order valence-corrected chi connectivity index (χ4v) is 3.49. The standard InChI is InChI=1S/C18H24ClN3O3/c1-2-17(23)21-7-5-15(6-8-21)20-18(24)22-9-10-25-16-4-3-14(19)11-13(16)12-22/h3-4,11,15H,2,5-10,12H2,1H3,(H,20,24). The number of fused-ring (bicyclic) bond motifs is 1. The molecule has 25 heavy (non-hydrogen) atoms. The van der Waals surface area contributed by atoms with Crippen LogP contribution in [0.5, 0.6) is 5.75 Å². The van der Waals surface area contributed by atoms with Crippen LogP contribution in [0.25, 0.3) is 0 Å². The molecule has 7 heteroatoms. The number of ether oxygens (including phenoxy) is 1. The molecule has 1 saturated heterocycles. The molecule has 0 atom stereocenters. The number of nitrogens with zero attached hydrogens (tertiary/aromatic N) is 2. The number of nitrogens with one attached hydrogen (secondary N) is 1. The zero-order valence-electron chi connectivity index (χ0n) is 14.5. The first-order chi connectivity index (χ1) is 12.1. The van der Waals surface area contributed by atoms with Crippen molar-refractivity contribution in [2.24, 2.45) is 0 Å². The van der Waals surface area contributed by atoms with Gasteiger partial charge in [0, 0.05) is 36.1 Å². The van der Waals surface area contributed by atoms with E-state index in [2.05, 4.69) is 5.32 Å². The van der Waals surface area contributed by atoms with Crippen molar-refractivity contribution in [3.05, 3.63) is 28.8 Å². The number of benzene rings is 1. The van der Waals surface area contributed by atoms with Gasteiger partial charge in [-0.1, -0.05) is 18.5 Å². The molecular weight excluding hydrogens is 342 g/mol. The highest BCUT2D eigenvalue weighted by atomic mass is 35.5. The largest absolute Gasteiger partial charge is 0.491 e. The van der Waals surface area contributed by atoms with E-state index in [4.69, 9.17) is 16.3 Å². The summed E-state index contributed by atoms with van der Waals surface area (Å²) in [5.41, 5.74) is 0.920. The fourth-order valence-electron chi connectivity index (χ4n) is 3.30. The van der Waals surface area contributed by atoms with Gasteiger partial charge in [0.2, 0.25) is 5.91 Å². The summed E-state index contributed by atoms with van der Waals surface area (Å²) in [6, 6.07) is 5.51. The van der Waals surface area contributed by atoms with Gasteiger partial charge in [0.25, 0.3) is 0 Å². The maximum absolute atomic E-state index is 12.6. The lowest BCUT2D eigenvalue weighted by atomic mass is 10.0. The molecule has 2 aliphatic rings. The molecule has 0 radical (unpaired) electrons. The number of rotatable bonds is 2. The Balaban J connectivity index is 1.56. The monoisotopic (exact) mass is 365 g/mol. The third-order valence-corrected chi connectivity index (χ3v) is 5.00.